The number of hydrogen-bond acceptors (Lipinski definition) is 2. The molecule has 1 aliphatic heterocycles. The van der Waals surface area contributed by atoms with Gasteiger partial charge in [-0.3, -0.25) is 9.89 Å². The Morgan fingerprint density at radius 3 is 2.27 bits per heavy atom. The summed E-state index contributed by atoms with van der Waals surface area (Å²) >= 11 is 0. The van der Waals surface area contributed by atoms with Gasteiger partial charge in [-0.1, -0.05) is 48.5 Å². The van der Waals surface area contributed by atoms with Gasteiger partial charge in [-0.2, -0.15) is 0 Å². The first kappa shape index (κ1) is 15.0. The lowest BCUT2D eigenvalue weighted by molar-refractivity contribution is 0.120. The zero-order valence-electron chi connectivity index (χ0n) is 14.1. The third-order valence-corrected chi connectivity index (χ3v) is 4.92. The molecule has 0 spiro atoms. The van der Waals surface area contributed by atoms with Crippen LogP contribution in [0.25, 0.3) is 16.8 Å². The molecule has 1 heterocycles. The fourth-order valence-corrected chi connectivity index (χ4v) is 3.17. The lowest BCUT2D eigenvalue weighted by atomic mass is 9.95. The summed E-state index contributed by atoms with van der Waals surface area (Å²) in [7, 11) is 2.14. The SMILES string of the molecule is CN1C(C)(C)N=C(/C=C/c2cccc3ccccc23)C1(C)C. The molecule has 2 nitrogen and oxygen atoms in total. The summed E-state index contributed by atoms with van der Waals surface area (Å²) in [6.45, 7) is 8.78. The summed E-state index contributed by atoms with van der Waals surface area (Å²) in [4.78, 5) is 7.23. The smallest absolute Gasteiger partial charge is 0.108 e. The molecule has 0 unspecified atom stereocenters. The summed E-state index contributed by atoms with van der Waals surface area (Å²) in [5, 5.41) is 2.56. The number of aliphatic imine (C=N–C) groups is 1. The van der Waals surface area contributed by atoms with Crippen LogP contribution in [0.2, 0.25) is 0 Å². The average molecular weight is 292 g/mol. The minimum absolute atomic E-state index is 0.0510. The molecule has 2 heteroatoms. The average Bonchev–Trinajstić information content (AvgIpc) is 2.65. The largest absolute Gasteiger partial charge is 0.272 e. The number of nitrogens with zero attached hydrogens (tertiary/aromatic N) is 2. The van der Waals surface area contributed by atoms with Crippen LogP contribution in [0, 0.1) is 0 Å². The van der Waals surface area contributed by atoms with Crippen LogP contribution in [-0.2, 0) is 0 Å². The number of rotatable bonds is 2. The Morgan fingerprint density at radius 2 is 1.59 bits per heavy atom. The molecule has 0 atom stereocenters. The van der Waals surface area contributed by atoms with E-state index in [4.69, 9.17) is 4.99 Å². The number of fused-ring (bicyclic) bond motifs is 1. The Morgan fingerprint density at radius 1 is 0.909 bits per heavy atom. The minimum atomic E-state index is -0.151. The lowest BCUT2D eigenvalue weighted by Gasteiger charge is -2.36. The van der Waals surface area contributed by atoms with E-state index in [1.54, 1.807) is 0 Å². The van der Waals surface area contributed by atoms with Crippen LogP contribution in [-0.4, -0.2) is 28.9 Å². The topological polar surface area (TPSA) is 15.6 Å². The van der Waals surface area contributed by atoms with E-state index in [2.05, 4.69) is 94.3 Å². The van der Waals surface area contributed by atoms with Gasteiger partial charge in [0.1, 0.15) is 5.66 Å². The molecule has 0 radical (unpaired) electrons. The Labute approximate surface area is 133 Å². The standard InChI is InChI=1S/C20H24N2/c1-19(2)18(21-20(3,4)22(19)5)14-13-16-11-8-10-15-9-6-7-12-17(15)16/h6-14H,1-5H3/b14-13+. The Kier molecular flexibility index (Phi) is 3.45. The predicted molar refractivity (Wildman–Crippen MR) is 96.3 cm³/mol. The van der Waals surface area contributed by atoms with Gasteiger partial charge in [0, 0.05) is 0 Å². The van der Waals surface area contributed by atoms with Crippen LogP contribution in [0.1, 0.15) is 33.3 Å². The van der Waals surface area contributed by atoms with Crippen molar-refractivity contribution in [1.82, 2.24) is 4.90 Å². The van der Waals surface area contributed by atoms with E-state index in [0.717, 1.165) is 5.71 Å². The van der Waals surface area contributed by atoms with Crippen molar-refractivity contribution in [3.63, 3.8) is 0 Å². The van der Waals surface area contributed by atoms with E-state index in [1.807, 2.05) is 0 Å². The van der Waals surface area contributed by atoms with Crippen molar-refractivity contribution in [3.8, 4) is 0 Å². The molecular weight excluding hydrogens is 268 g/mol. The zero-order valence-corrected chi connectivity index (χ0v) is 14.1. The second kappa shape index (κ2) is 5.06. The van der Waals surface area contributed by atoms with E-state index in [-0.39, 0.29) is 11.2 Å². The molecule has 0 bridgehead atoms. The molecule has 0 fully saturated rings. The molecule has 0 N–H and O–H groups in total. The highest BCUT2D eigenvalue weighted by molar-refractivity contribution is 6.07. The van der Waals surface area contributed by atoms with Gasteiger partial charge < -0.3 is 0 Å². The minimum Gasteiger partial charge on any atom is -0.272 e. The van der Waals surface area contributed by atoms with Crippen molar-refractivity contribution in [2.75, 3.05) is 7.05 Å². The molecule has 2 aromatic carbocycles. The van der Waals surface area contributed by atoms with Gasteiger partial charge in [0.2, 0.25) is 0 Å². The predicted octanol–water partition coefficient (Wildman–Crippen LogP) is 4.75. The van der Waals surface area contributed by atoms with Gasteiger partial charge in [-0.05, 0) is 57.2 Å². The third kappa shape index (κ3) is 2.38. The molecule has 0 aromatic heterocycles. The molecule has 0 saturated carbocycles. The Hall–Kier alpha value is -1.93. The first-order valence-corrected chi connectivity index (χ1v) is 7.82. The van der Waals surface area contributed by atoms with E-state index in [1.165, 1.54) is 16.3 Å². The summed E-state index contributed by atoms with van der Waals surface area (Å²) < 4.78 is 0. The van der Waals surface area contributed by atoms with Crippen LogP contribution >= 0.6 is 0 Å². The molecule has 2 aromatic rings. The molecule has 0 aliphatic carbocycles. The molecular formula is C20H24N2. The van der Waals surface area contributed by atoms with E-state index in [9.17, 15) is 0 Å². The van der Waals surface area contributed by atoms with Crippen LogP contribution in [0.15, 0.2) is 53.5 Å². The van der Waals surface area contributed by atoms with Gasteiger partial charge in [-0.25, -0.2) is 0 Å². The van der Waals surface area contributed by atoms with Gasteiger partial charge in [0.05, 0.1) is 11.3 Å². The molecule has 0 saturated heterocycles. The van der Waals surface area contributed by atoms with E-state index < -0.39 is 0 Å². The maximum atomic E-state index is 4.91. The fourth-order valence-electron chi connectivity index (χ4n) is 3.17. The number of hydrogen-bond donors (Lipinski definition) is 0. The van der Waals surface area contributed by atoms with Crippen molar-refractivity contribution in [3.05, 3.63) is 54.1 Å². The van der Waals surface area contributed by atoms with Crippen molar-refractivity contribution in [2.45, 2.75) is 38.9 Å². The molecule has 3 rings (SSSR count). The summed E-state index contributed by atoms with van der Waals surface area (Å²) in [5.74, 6) is 0. The van der Waals surface area contributed by atoms with E-state index >= 15 is 0 Å². The fraction of sp³-hybridized carbons (Fsp3) is 0.350. The van der Waals surface area contributed by atoms with Crippen LogP contribution in [0.5, 0.6) is 0 Å². The molecule has 1 aliphatic rings. The zero-order chi connectivity index (χ0) is 16.0. The summed E-state index contributed by atoms with van der Waals surface area (Å²) in [6.07, 6.45) is 4.37. The van der Waals surface area contributed by atoms with Gasteiger partial charge in [0.25, 0.3) is 0 Å². The third-order valence-electron chi connectivity index (χ3n) is 4.92. The monoisotopic (exact) mass is 292 g/mol. The van der Waals surface area contributed by atoms with Gasteiger partial charge in [0.15, 0.2) is 0 Å². The van der Waals surface area contributed by atoms with Crippen LogP contribution in [0.3, 0.4) is 0 Å². The van der Waals surface area contributed by atoms with Crippen molar-refractivity contribution < 1.29 is 0 Å². The summed E-state index contributed by atoms with van der Waals surface area (Å²) in [5.41, 5.74) is 2.17. The highest BCUT2D eigenvalue weighted by atomic mass is 15.4. The van der Waals surface area contributed by atoms with Crippen molar-refractivity contribution in [1.29, 1.82) is 0 Å². The Balaban J connectivity index is 2.01. The Bertz CT molecular complexity index is 761. The van der Waals surface area contributed by atoms with Crippen LogP contribution in [0.4, 0.5) is 0 Å². The molecule has 22 heavy (non-hydrogen) atoms. The highest BCUT2D eigenvalue weighted by Crippen LogP contribution is 2.34. The van der Waals surface area contributed by atoms with E-state index in [0.29, 0.717) is 0 Å². The second-order valence-electron chi connectivity index (χ2n) is 7.01. The molecule has 114 valence electrons. The van der Waals surface area contributed by atoms with Gasteiger partial charge >= 0.3 is 0 Å². The van der Waals surface area contributed by atoms with Crippen LogP contribution < -0.4 is 0 Å². The normalized spacial score (nSPS) is 20.7. The second-order valence-corrected chi connectivity index (χ2v) is 7.01. The summed E-state index contributed by atoms with van der Waals surface area (Å²) in [6, 6.07) is 14.9. The quantitative estimate of drug-likeness (QED) is 0.779. The first-order chi connectivity index (χ1) is 10.3. The molecule has 0 amide bonds. The highest BCUT2D eigenvalue weighted by Gasteiger charge is 2.43. The van der Waals surface area contributed by atoms with Gasteiger partial charge in [-0.15, -0.1) is 0 Å². The first-order valence-electron chi connectivity index (χ1n) is 7.82. The van der Waals surface area contributed by atoms with Crippen molar-refractivity contribution in [2.24, 2.45) is 4.99 Å². The maximum absolute atomic E-state index is 4.91. The lowest BCUT2D eigenvalue weighted by Crippen LogP contribution is -2.49. The van der Waals surface area contributed by atoms with Crippen molar-refractivity contribution >= 4 is 22.6 Å². The maximum Gasteiger partial charge on any atom is 0.108 e. The number of benzene rings is 2.